The number of benzene rings is 3. The number of rotatable bonds is 14. The van der Waals surface area contributed by atoms with E-state index in [1.165, 1.54) is 12.1 Å². The van der Waals surface area contributed by atoms with Crippen molar-refractivity contribution in [1.29, 1.82) is 0 Å². The van der Waals surface area contributed by atoms with Gasteiger partial charge in [0.2, 0.25) is 10.0 Å². The van der Waals surface area contributed by atoms with Gasteiger partial charge >= 0.3 is 0 Å². The van der Waals surface area contributed by atoms with Gasteiger partial charge in [0.05, 0.1) is 18.6 Å². The molecule has 0 aliphatic carbocycles. The minimum atomic E-state index is -3.58. The Balaban J connectivity index is 1.37. The van der Waals surface area contributed by atoms with Crippen LogP contribution >= 0.6 is 7.37 Å². The highest BCUT2D eigenvalue weighted by Crippen LogP contribution is 2.39. The molecule has 1 unspecified atom stereocenters. The Morgan fingerprint density at radius 1 is 0.973 bits per heavy atom. The molecule has 3 aromatic rings. The smallest absolute Gasteiger partial charge is 0.265 e. The molecule has 0 aliphatic heterocycles. The van der Waals surface area contributed by atoms with Crippen LogP contribution in [0.25, 0.3) is 0 Å². The van der Waals surface area contributed by atoms with E-state index < -0.39 is 17.4 Å². The standard InChI is InChI=1S/C26H33N2O7PS/c1-20(27-15-6-16-34-23-13-14-26(29)25(18-23)28-37(2,32)33)17-21-9-11-22(12-10-21)35-19-36(30,31)24-7-4-3-5-8-24/h3-5,7-14,18,20,27-29H,6,15-17,19H2,1-2H3,(H,30,31)/t20-/m1/s1. The van der Waals surface area contributed by atoms with E-state index in [0.29, 0.717) is 23.4 Å². The Bertz CT molecular complexity index is 1300. The van der Waals surface area contributed by atoms with Crippen molar-refractivity contribution in [3.63, 3.8) is 0 Å². The molecular weight excluding hydrogens is 515 g/mol. The minimum absolute atomic E-state index is 0.0738. The average molecular weight is 549 g/mol. The van der Waals surface area contributed by atoms with Crippen LogP contribution in [0, 0.1) is 0 Å². The quantitative estimate of drug-likeness (QED) is 0.136. The van der Waals surface area contributed by atoms with E-state index in [4.69, 9.17) is 9.47 Å². The topological polar surface area (TPSA) is 134 Å². The van der Waals surface area contributed by atoms with Crippen LogP contribution in [-0.4, -0.2) is 50.2 Å². The summed E-state index contributed by atoms with van der Waals surface area (Å²) in [5.74, 6) is 0.824. The number of hydrogen-bond donors (Lipinski definition) is 4. The van der Waals surface area contributed by atoms with Gasteiger partial charge in [-0.25, -0.2) is 8.42 Å². The molecule has 0 spiro atoms. The number of anilines is 1. The summed E-state index contributed by atoms with van der Waals surface area (Å²) < 4.78 is 48.7. The largest absolute Gasteiger partial charge is 0.506 e. The first kappa shape index (κ1) is 28.5. The van der Waals surface area contributed by atoms with Gasteiger partial charge in [0.25, 0.3) is 7.37 Å². The van der Waals surface area contributed by atoms with E-state index in [-0.39, 0.29) is 23.8 Å². The van der Waals surface area contributed by atoms with E-state index in [1.54, 1.807) is 48.5 Å². The van der Waals surface area contributed by atoms with E-state index in [2.05, 4.69) is 17.0 Å². The van der Waals surface area contributed by atoms with E-state index >= 15 is 0 Å². The highest BCUT2D eigenvalue weighted by Gasteiger charge is 2.22. The van der Waals surface area contributed by atoms with Crippen molar-refractivity contribution in [1.82, 2.24) is 5.32 Å². The minimum Gasteiger partial charge on any atom is -0.506 e. The van der Waals surface area contributed by atoms with Crippen LogP contribution in [0.1, 0.15) is 18.9 Å². The van der Waals surface area contributed by atoms with Crippen molar-refractivity contribution in [2.45, 2.75) is 25.8 Å². The Hall–Kier alpha value is -3.04. The third-order valence-electron chi connectivity index (χ3n) is 5.38. The summed E-state index contributed by atoms with van der Waals surface area (Å²) >= 11 is 0. The average Bonchev–Trinajstić information content (AvgIpc) is 2.85. The van der Waals surface area contributed by atoms with Crippen molar-refractivity contribution >= 4 is 28.4 Å². The molecule has 0 amide bonds. The Labute approximate surface area is 218 Å². The predicted octanol–water partition coefficient (Wildman–Crippen LogP) is 3.69. The van der Waals surface area contributed by atoms with Crippen molar-refractivity contribution in [2.24, 2.45) is 0 Å². The highest BCUT2D eigenvalue weighted by molar-refractivity contribution is 7.92. The molecule has 37 heavy (non-hydrogen) atoms. The van der Waals surface area contributed by atoms with E-state index in [1.807, 2.05) is 12.1 Å². The second-order valence-corrected chi connectivity index (χ2v) is 12.7. The number of hydrogen-bond acceptors (Lipinski definition) is 7. The van der Waals surface area contributed by atoms with Gasteiger partial charge in [-0.15, -0.1) is 0 Å². The fraction of sp³-hybridized carbons (Fsp3) is 0.308. The maximum absolute atomic E-state index is 12.5. The molecule has 0 saturated heterocycles. The first-order valence-corrected chi connectivity index (χ1v) is 15.5. The summed E-state index contributed by atoms with van der Waals surface area (Å²) in [6, 6.07) is 20.6. The summed E-state index contributed by atoms with van der Waals surface area (Å²) in [6.45, 7) is 3.23. The van der Waals surface area contributed by atoms with Gasteiger partial charge < -0.3 is 24.8 Å². The van der Waals surface area contributed by atoms with Gasteiger partial charge in [-0.2, -0.15) is 0 Å². The van der Waals surface area contributed by atoms with Crippen LogP contribution in [0.3, 0.4) is 0 Å². The summed E-state index contributed by atoms with van der Waals surface area (Å²) in [5, 5.41) is 13.6. The zero-order valence-electron chi connectivity index (χ0n) is 20.8. The molecule has 0 saturated carbocycles. The summed E-state index contributed by atoms with van der Waals surface area (Å²) in [5.41, 5.74) is 1.18. The third-order valence-corrected chi connectivity index (χ3v) is 7.55. The number of phenols is 1. The monoisotopic (exact) mass is 548 g/mol. The van der Waals surface area contributed by atoms with Crippen LogP contribution in [0.4, 0.5) is 5.69 Å². The molecule has 0 fully saturated rings. The number of sulfonamides is 1. The Morgan fingerprint density at radius 2 is 1.65 bits per heavy atom. The van der Waals surface area contributed by atoms with Crippen LogP contribution in [0.15, 0.2) is 72.8 Å². The van der Waals surface area contributed by atoms with Gasteiger partial charge in [0, 0.05) is 17.4 Å². The summed E-state index contributed by atoms with van der Waals surface area (Å²) in [4.78, 5) is 10.2. The maximum atomic E-state index is 12.5. The lowest BCUT2D eigenvalue weighted by Crippen LogP contribution is -2.29. The predicted molar refractivity (Wildman–Crippen MR) is 146 cm³/mol. The molecule has 4 N–H and O–H groups in total. The molecule has 0 heterocycles. The lowest BCUT2D eigenvalue weighted by Gasteiger charge is -2.16. The SMILES string of the molecule is C[C@H](Cc1ccc(OCP(=O)(O)c2ccccc2)cc1)NCCCOc1ccc(O)c(NS(C)(=O)=O)c1. The van der Waals surface area contributed by atoms with Gasteiger partial charge in [0.15, 0.2) is 6.35 Å². The third kappa shape index (κ3) is 9.74. The Morgan fingerprint density at radius 3 is 2.32 bits per heavy atom. The molecule has 3 aromatic carbocycles. The van der Waals surface area contributed by atoms with Crippen LogP contribution in [0.5, 0.6) is 17.2 Å². The molecule has 0 radical (unpaired) electrons. The second-order valence-electron chi connectivity index (χ2n) is 8.77. The van der Waals surface area contributed by atoms with E-state index in [9.17, 15) is 23.0 Å². The molecular formula is C26H33N2O7PS. The van der Waals surface area contributed by atoms with E-state index in [0.717, 1.165) is 31.2 Å². The first-order chi connectivity index (χ1) is 17.5. The van der Waals surface area contributed by atoms with Gasteiger partial charge in [-0.05, 0) is 68.3 Å². The van der Waals surface area contributed by atoms with Crippen LogP contribution < -0.4 is 24.8 Å². The molecule has 9 nitrogen and oxygen atoms in total. The highest BCUT2D eigenvalue weighted by atomic mass is 32.2. The molecule has 11 heteroatoms. The molecule has 3 rings (SSSR count). The molecule has 0 bridgehead atoms. The number of nitrogens with one attached hydrogen (secondary N) is 2. The van der Waals surface area contributed by atoms with Crippen molar-refractivity contribution in [3.8, 4) is 17.2 Å². The van der Waals surface area contributed by atoms with Crippen LogP contribution in [-0.2, 0) is 21.0 Å². The molecule has 0 aromatic heterocycles. The van der Waals surface area contributed by atoms with Gasteiger partial charge in [0.1, 0.15) is 17.2 Å². The van der Waals surface area contributed by atoms with Crippen molar-refractivity contribution < 1.29 is 32.5 Å². The lowest BCUT2D eigenvalue weighted by atomic mass is 10.1. The lowest BCUT2D eigenvalue weighted by molar-refractivity contribution is 0.305. The second kappa shape index (κ2) is 13.0. The normalized spacial score (nSPS) is 13.9. The number of aromatic hydroxyl groups is 1. The van der Waals surface area contributed by atoms with Crippen molar-refractivity contribution in [3.05, 3.63) is 78.4 Å². The van der Waals surface area contributed by atoms with Crippen LogP contribution in [0.2, 0.25) is 0 Å². The first-order valence-electron chi connectivity index (χ1n) is 11.8. The number of ether oxygens (including phenoxy) is 2. The fourth-order valence-electron chi connectivity index (χ4n) is 3.54. The van der Waals surface area contributed by atoms with Crippen molar-refractivity contribution in [2.75, 3.05) is 30.5 Å². The zero-order valence-corrected chi connectivity index (χ0v) is 22.5. The maximum Gasteiger partial charge on any atom is 0.265 e. The molecule has 2 atom stereocenters. The Kier molecular flexibility index (Phi) is 10.00. The summed E-state index contributed by atoms with van der Waals surface area (Å²) in [6.07, 6.45) is 2.25. The fourth-order valence-corrected chi connectivity index (χ4v) is 5.22. The van der Waals surface area contributed by atoms with Gasteiger partial charge in [-0.3, -0.25) is 9.29 Å². The molecule has 200 valence electrons. The van der Waals surface area contributed by atoms with Gasteiger partial charge in [-0.1, -0.05) is 30.3 Å². The summed E-state index contributed by atoms with van der Waals surface area (Å²) in [7, 11) is -7.08. The molecule has 0 aliphatic rings. The zero-order chi connectivity index (χ0) is 26.9. The number of phenolic OH excluding ortho intramolecular Hbond substituents is 1.